The Hall–Kier alpha value is -0.0800. The van der Waals surface area contributed by atoms with Gasteiger partial charge < -0.3 is 5.32 Å². The molecule has 0 saturated carbocycles. The maximum absolute atomic E-state index is 3.54. The molecular formula is C12H24N2. The smallest absolute Gasteiger partial charge is 0.0349 e. The normalized spacial score (nSPS) is 35.6. The molecule has 2 aliphatic heterocycles. The Kier molecular flexibility index (Phi) is 3.13. The van der Waals surface area contributed by atoms with Crippen LogP contribution in [0.1, 0.15) is 46.0 Å². The van der Waals surface area contributed by atoms with Crippen molar-refractivity contribution in [1.82, 2.24) is 10.2 Å². The molecule has 0 radical (unpaired) electrons. The van der Waals surface area contributed by atoms with E-state index in [2.05, 4.69) is 24.1 Å². The first kappa shape index (κ1) is 10.4. The van der Waals surface area contributed by atoms with Gasteiger partial charge in [-0.3, -0.25) is 4.90 Å². The number of nitrogens with one attached hydrogen (secondary N) is 1. The first-order valence-corrected chi connectivity index (χ1v) is 6.26. The molecule has 0 aliphatic carbocycles. The maximum Gasteiger partial charge on any atom is 0.0349 e. The average molecular weight is 196 g/mol. The van der Waals surface area contributed by atoms with E-state index in [0.29, 0.717) is 5.54 Å². The zero-order valence-corrected chi connectivity index (χ0v) is 9.68. The van der Waals surface area contributed by atoms with Gasteiger partial charge in [0, 0.05) is 18.1 Å². The summed E-state index contributed by atoms with van der Waals surface area (Å²) in [5.41, 5.74) is 0.550. The standard InChI is InChI=1S/C12H24N2/c1-3-5-11(2)14-9-4-6-12(14)7-8-13-10-12/h11,13H,3-10H2,1-2H3. The summed E-state index contributed by atoms with van der Waals surface area (Å²) in [6.07, 6.45) is 6.90. The van der Waals surface area contributed by atoms with Crippen molar-refractivity contribution in [3.63, 3.8) is 0 Å². The molecular weight excluding hydrogens is 172 g/mol. The van der Waals surface area contributed by atoms with Gasteiger partial charge in [0.2, 0.25) is 0 Å². The van der Waals surface area contributed by atoms with Crippen LogP contribution in [-0.4, -0.2) is 36.1 Å². The van der Waals surface area contributed by atoms with Gasteiger partial charge in [0.05, 0.1) is 0 Å². The van der Waals surface area contributed by atoms with Gasteiger partial charge in [-0.1, -0.05) is 13.3 Å². The molecule has 14 heavy (non-hydrogen) atoms. The summed E-state index contributed by atoms with van der Waals surface area (Å²) >= 11 is 0. The van der Waals surface area contributed by atoms with E-state index in [0.717, 1.165) is 6.04 Å². The number of rotatable bonds is 3. The highest BCUT2D eigenvalue weighted by molar-refractivity contribution is 5.02. The molecule has 0 aromatic rings. The third-order valence-electron chi connectivity index (χ3n) is 4.11. The van der Waals surface area contributed by atoms with E-state index in [4.69, 9.17) is 0 Å². The van der Waals surface area contributed by atoms with Gasteiger partial charge >= 0.3 is 0 Å². The van der Waals surface area contributed by atoms with Crippen LogP contribution in [0.3, 0.4) is 0 Å². The summed E-state index contributed by atoms with van der Waals surface area (Å²) in [6.45, 7) is 8.51. The van der Waals surface area contributed by atoms with Crippen LogP contribution in [0.4, 0.5) is 0 Å². The summed E-state index contributed by atoms with van der Waals surface area (Å²) in [4.78, 5) is 2.79. The highest BCUT2D eigenvalue weighted by Crippen LogP contribution is 2.36. The van der Waals surface area contributed by atoms with E-state index >= 15 is 0 Å². The van der Waals surface area contributed by atoms with E-state index in [1.807, 2.05) is 0 Å². The second-order valence-electron chi connectivity index (χ2n) is 5.09. The fourth-order valence-corrected chi connectivity index (χ4v) is 3.41. The third-order valence-corrected chi connectivity index (χ3v) is 4.11. The van der Waals surface area contributed by atoms with Crippen LogP contribution in [-0.2, 0) is 0 Å². The lowest BCUT2D eigenvalue weighted by molar-refractivity contribution is 0.104. The molecule has 0 aromatic heterocycles. The van der Waals surface area contributed by atoms with Gasteiger partial charge in [0.15, 0.2) is 0 Å². The minimum Gasteiger partial charge on any atom is -0.315 e. The molecule has 2 unspecified atom stereocenters. The summed E-state index contributed by atoms with van der Waals surface area (Å²) < 4.78 is 0. The van der Waals surface area contributed by atoms with E-state index in [1.165, 1.54) is 51.7 Å². The van der Waals surface area contributed by atoms with Crippen molar-refractivity contribution in [2.24, 2.45) is 0 Å². The molecule has 1 spiro atoms. The number of hydrogen-bond acceptors (Lipinski definition) is 2. The van der Waals surface area contributed by atoms with Crippen molar-refractivity contribution in [2.75, 3.05) is 19.6 Å². The molecule has 2 aliphatic rings. The van der Waals surface area contributed by atoms with Crippen LogP contribution in [0.5, 0.6) is 0 Å². The van der Waals surface area contributed by atoms with Crippen LogP contribution in [0.25, 0.3) is 0 Å². The van der Waals surface area contributed by atoms with Crippen LogP contribution in [0.2, 0.25) is 0 Å². The fraction of sp³-hybridized carbons (Fsp3) is 1.00. The lowest BCUT2D eigenvalue weighted by atomic mass is 9.93. The number of nitrogens with zero attached hydrogens (tertiary/aromatic N) is 1. The molecule has 2 atom stereocenters. The Morgan fingerprint density at radius 1 is 1.43 bits per heavy atom. The Morgan fingerprint density at radius 3 is 2.93 bits per heavy atom. The Morgan fingerprint density at radius 2 is 2.29 bits per heavy atom. The Labute approximate surface area is 88.1 Å². The summed E-state index contributed by atoms with van der Waals surface area (Å²) in [6, 6.07) is 0.794. The van der Waals surface area contributed by atoms with Crippen LogP contribution >= 0.6 is 0 Å². The summed E-state index contributed by atoms with van der Waals surface area (Å²) in [5, 5.41) is 3.54. The molecule has 2 heterocycles. The fourth-order valence-electron chi connectivity index (χ4n) is 3.41. The first-order valence-electron chi connectivity index (χ1n) is 6.26. The highest BCUT2D eigenvalue weighted by Gasteiger charge is 2.44. The quantitative estimate of drug-likeness (QED) is 0.743. The van der Waals surface area contributed by atoms with Crippen molar-refractivity contribution in [3.05, 3.63) is 0 Å². The first-order chi connectivity index (χ1) is 6.78. The second kappa shape index (κ2) is 4.19. The number of hydrogen-bond donors (Lipinski definition) is 1. The zero-order valence-electron chi connectivity index (χ0n) is 9.68. The van der Waals surface area contributed by atoms with Gasteiger partial charge in [0.25, 0.3) is 0 Å². The van der Waals surface area contributed by atoms with Crippen molar-refractivity contribution in [2.45, 2.75) is 57.5 Å². The lowest BCUT2D eigenvalue weighted by Gasteiger charge is -2.39. The van der Waals surface area contributed by atoms with E-state index in [1.54, 1.807) is 0 Å². The Balaban J connectivity index is 2.02. The van der Waals surface area contributed by atoms with E-state index < -0.39 is 0 Å². The predicted octanol–water partition coefficient (Wildman–Crippen LogP) is 2.00. The van der Waals surface area contributed by atoms with Crippen molar-refractivity contribution >= 4 is 0 Å². The Bertz CT molecular complexity index is 179. The molecule has 82 valence electrons. The topological polar surface area (TPSA) is 15.3 Å². The summed E-state index contributed by atoms with van der Waals surface area (Å²) in [7, 11) is 0. The molecule has 2 saturated heterocycles. The number of likely N-dealkylation sites (tertiary alicyclic amines) is 1. The van der Waals surface area contributed by atoms with Crippen LogP contribution in [0.15, 0.2) is 0 Å². The molecule has 0 bridgehead atoms. The molecule has 1 N–H and O–H groups in total. The van der Waals surface area contributed by atoms with E-state index in [9.17, 15) is 0 Å². The molecule has 2 heteroatoms. The molecule has 2 fully saturated rings. The molecule has 0 aromatic carbocycles. The largest absolute Gasteiger partial charge is 0.315 e. The maximum atomic E-state index is 3.54. The van der Waals surface area contributed by atoms with Crippen LogP contribution in [0, 0.1) is 0 Å². The van der Waals surface area contributed by atoms with Crippen LogP contribution < -0.4 is 5.32 Å². The SMILES string of the molecule is CCCC(C)N1CCCC12CCNC2. The van der Waals surface area contributed by atoms with Crippen molar-refractivity contribution < 1.29 is 0 Å². The lowest BCUT2D eigenvalue weighted by Crippen LogP contribution is -2.49. The van der Waals surface area contributed by atoms with Gasteiger partial charge in [-0.15, -0.1) is 0 Å². The monoisotopic (exact) mass is 196 g/mol. The molecule has 2 rings (SSSR count). The minimum absolute atomic E-state index is 0.550. The zero-order chi connectivity index (χ0) is 10.0. The van der Waals surface area contributed by atoms with Gasteiger partial charge in [0.1, 0.15) is 0 Å². The third kappa shape index (κ3) is 1.70. The van der Waals surface area contributed by atoms with Gasteiger partial charge in [-0.25, -0.2) is 0 Å². The minimum atomic E-state index is 0.550. The van der Waals surface area contributed by atoms with E-state index in [-0.39, 0.29) is 0 Å². The average Bonchev–Trinajstić information content (AvgIpc) is 2.78. The van der Waals surface area contributed by atoms with Gasteiger partial charge in [-0.2, -0.15) is 0 Å². The van der Waals surface area contributed by atoms with Crippen molar-refractivity contribution in [3.8, 4) is 0 Å². The second-order valence-corrected chi connectivity index (χ2v) is 5.09. The highest BCUT2D eigenvalue weighted by atomic mass is 15.3. The summed E-state index contributed by atoms with van der Waals surface area (Å²) in [5.74, 6) is 0. The van der Waals surface area contributed by atoms with Crippen molar-refractivity contribution in [1.29, 1.82) is 0 Å². The molecule has 0 amide bonds. The molecule has 2 nitrogen and oxygen atoms in total. The van der Waals surface area contributed by atoms with Gasteiger partial charge in [-0.05, 0) is 45.7 Å². The predicted molar refractivity (Wildman–Crippen MR) is 60.5 cm³/mol.